The van der Waals surface area contributed by atoms with E-state index in [-0.39, 0.29) is 12.2 Å². The molecule has 2 aliphatic carbocycles. The van der Waals surface area contributed by atoms with Crippen LogP contribution in [0.25, 0.3) is 0 Å². The molecule has 114 valence electrons. The lowest BCUT2D eigenvalue weighted by Gasteiger charge is -2.38. The van der Waals surface area contributed by atoms with Gasteiger partial charge in [-0.2, -0.15) is 0 Å². The summed E-state index contributed by atoms with van der Waals surface area (Å²) in [6.07, 6.45) is 8.34. The van der Waals surface area contributed by atoms with Gasteiger partial charge in [-0.25, -0.2) is 4.79 Å². The highest BCUT2D eigenvalue weighted by atomic mass is 35.5. The predicted octanol–water partition coefficient (Wildman–Crippen LogP) is 5.25. The lowest BCUT2D eigenvalue weighted by Crippen LogP contribution is -2.33. The number of anilines is 1. The van der Waals surface area contributed by atoms with Gasteiger partial charge in [-0.05, 0) is 49.3 Å². The average molecular weight is 308 g/mol. The Labute approximate surface area is 131 Å². The Balaban J connectivity index is 1.51. The van der Waals surface area contributed by atoms with Crippen molar-refractivity contribution in [2.75, 3.05) is 5.32 Å². The summed E-state index contributed by atoms with van der Waals surface area (Å²) in [7, 11) is 0. The van der Waals surface area contributed by atoms with Crippen molar-refractivity contribution < 1.29 is 9.53 Å². The summed E-state index contributed by atoms with van der Waals surface area (Å²) in [6.45, 7) is 0. The van der Waals surface area contributed by atoms with E-state index in [4.69, 9.17) is 16.3 Å². The van der Waals surface area contributed by atoms with Gasteiger partial charge in [0.25, 0.3) is 0 Å². The fourth-order valence-electron chi connectivity index (χ4n) is 3.80. The maximum absolute atomic E-state index is 12.0. The number of fused-ring (bicyclic) bond motifs is 1. The molecule has 4 heteroatoms. The highest BCUT2D eigenvalue weighted by Gasteiger charge is 2.33. The molecular weight excluding hydrogens is 286 g/mol. The van der Waals surface area contributed by atoms with E-state index in [2.05, 4.69) is 5.32 Å². The highest BCUT2D eigenvalue weighted by molar-refractivity contribution is 6.30. The second-order valence-electron chi connectivity index (χ2n) is 6.28. The Morgan fingerprint density at radius 3 is 2.76 bits per heavy atom. The standard InChI is InChI=1S/C17H22ClNO2/c18-14-6-3-7-15(11-14)19-17(20)21-16-9-8-12-4-1-2-5-13(12)10-16/h3,6-7,11-13,16H,1-2,4-5,8-10H2,(H,19,20)/t12-,13+,16-/m1/s1. The first kappa shape index (κ1) is 14.7. The number of hydrogen-bond donors (Lipinski definition) is 1. The Morgan fingerprint density at radius 1 is 1.14 bits per heavy atom. The van der Waals surface area contributed by atoms with E-state index in [1.54, 1.807) is 12.1 Å². The largest absolute Gasteiger partial charge is 0.446 e. The van der Waals surface area contributed by atoms with Gasteiger partial charge in [-0.15, -0.1) is 0 Å². The van der Waals surface area contributed by atoms with E-state index in [1.165, 1.54) is 32.1 Å². The van der Waals surface area contributed by atoms with Crippen LogP contribution < -0.4 is 5.32 Å². The van der Waals surface area contributed by atoms with Crippen molar-refractivity contribution in [2.45, 2.75) is 51.0 Å². The van der Waals surface area contributed by atoms with E-state index in [1.807, 2.05) is 12.1 Å². The molecule has 2 fully saturated rings. The SMILES string of the molecule is O=C(Nc1cccc(Cl)c1)O[C@@H]1CC[C@H]2CCCC[C@H]2C1. The second kappa shape index (κ2) is 6.69. The molecule has 1 N–H and O–H groups in total. The maximum Gasteiger partial charge on any atom is 0.411 e. The van der Waals surface area contributed by atoms with Gasteiger partial charge in [-0.1, -0.05) is 43.4 Å². The van der Waals surface area contributed by atoms with Gasteiger partial charge in [0.2, 0.25) is 0 Å². The third-order valence-electron chi connectivity index (χ3n) is 4.84. The summed E-state index contributed by atoms with van der Waals surface area (Å²) in [6, 6.07) is 7.12. The molecule has 0 heterocycles. The summed E-state index contributed by atoms with van der Waals surface area (Å²) in [5, 5.41) is 3.36. The van der Waals surface area contributed by atoms with Gasteiger partial charge in [0.1, 0.15) is 6.10 Å². The third kappa shape index (κ3) is 3.91. The van der Waals surface area contributed by atoms with Crippen molar-refractivity contribution in [3.05, 3.63) is 29.3 Å². The molecule has 0 unspecified atom stereocenters. The van der Waals surface area contributed by atoms with Crippen molar-refractivity contribution in [1.82, 2.24) is 0 Å². The number of hydrogen-bond acceptors (Lipinski definition) is 2. The van der Waals surface area contributed by atoms with Crippen molar-refractivity contribution in [2.24, 2.45) is 11.8 Å². The van der Waals surface area contributed by atoms with Crippen LogP contribution in [0.2, 0.25) is 5.02 Å². The van der Waals surface area contributed by atoms with E-state index in [9.17, 15) is 4.79 Å². The summed E-state index contributed by atoms with van der Waals surface area (Å²) in [4.78, 5) is 12.0. The fourth-order valence-corrected chi connectivity index (χ4v) is 3.99. The topological polar surface area (TPSA) is 38.3 Å². The van der Waals surface area contributed by atoms with Crippen LogP contribution in [-0.2, 0) is 4.74 Å². The van der Waals surface area contributed by atoms with Gasteiger partial charge in [0.15, 0.2) is 0 Å². The number of rotatable bonds is 2. The molecule has 0 spiro atoms. The van der Waals surface area contributed by atoms with E-state index >= 15 is 0 Å². The predicted molar refractivity (Wildman–Crippen MR) is 84.6 cm³/mol. The van der Waals surface area contributed by atoms with Crippen LogP contribution in [-0.4, -0.2) is 12.2 Å². The fraction of sp³-hybridized carbons (Fsp3) is 0.588. The molecule has 0 aliphatic heterocycles. The molecule has 0 saturated heterocycles. The minimum absolute atomic E-state index is 0.0727. The van der Waals surface area contributed by atoms with Crippen molar-refractivity contribution >= 4 is 23.4 Å². The number of nitrogens with one attached hydrogen (secondary N) is 1. The first-order chi connectivity index (χ1) is 10.2. The Kier molecular flexibility index (Phi) is 4.69. The van der Waals surface area contributed by atoms with Crippen molar-refractivity contribution in [1.29, 1.82) is 0 Å². The van der Waals surface area contributed by atoms with Gasteiger partial charge in [0, 0.05) is 10.7 Å². The number of halogens is 1. The highest BCUT2D eigenvalue weighted by Crippen LogP contribution is 2.41. The second-order valence-corrected chi connectivity index (χ2v) is 6.72. The smallest absolute Gasteiger partial charge is 0.411 e. The zero-order valence-electron chi connectivity index (χ0n) is 12.2. The third-order valence-corrected chi connectivity index (χ3v) is 5.07. The van der Waals surface area contributed by atoms with E-state index in [0.29, 0.717) is 10.7 Å². The molecule has 3 rings (SSSR count). The van der Waals surface area contributed by atoms with Crippen LogP contribution in [0.5, 0.6) is 0 Å². The lowest BCUT2D eigenvalue weighted by molar-refractivity contribution is 0.0339. The molecular formula is C17H22ClNO2. The van der Waals surface area contributed by atoms with Crippen LogP contribution in [0.3, 0.4) is 0 Å². The molecule has 2 aliphatic rings. The number of benzene rings is 1. The molecule has 1 aromatic rings. The normalized spacial score (nSPS) is 28.5. The minimum Gasteiger partial charge on any atom is -0.446 e. The van der Waals surface area contributed by atoms with E-state index in [0.717, 1.165) is 24.7 Å². The monoisotopic (exact) mass is 307 g/mol. The number of ether oxygens (including phenoxy) is 1. The summed E-state index contributed by atoms with van der Waals surface area (Å²) < 4.78 is 5.59. The molecule has 21 heavy (non-hydrogen) atoms. The van der Waals surface area contributed by atoms with Gasteiger partial charge in [-0.3, -0.25) is 5.32 Å². The van der Waals surface area contributed by atoms with Gasteiger partial charge < -0.3 is 4.74 Å². The Bertz CT molecular complexity index is 505. The Hall–Kier alpha value is -1.22. The maximum atomic E-state index is 12.0. The molecule has 0 aromatic heterocycles. The summed E-state index contributed by atoms with van der Waals surface area (Å²) in [5.41, 5.74) is 0.679. The number of amides is 1. The van der Waals surface area contributed by atoms with Gasteiger partial charge >= 0.3 is 6.09 Å². The average Bonchev–Trinajstić information content (AvgIpc) is 2.47. The molecule has 1 amide bonds. The number of carbonyl (C=O) groups excluding carboxylic acids is 1. The molecule has 3 nitrogen and oxygen atoms in total. The van der Waals surface area contributed by atoms with Crippen LogP contribution in [0.1, 0.15) is 44.9 Å². The van der Waals surface area contributed by atoms with Crippen LogP contribution in [0.15, 0.2) is 24.3 Å². The van der Waals surface area contributed by atoms with Crippen LogP contribution in [0.4, 0.5) is 10.5 Å². The quantitative estimate of drug-likeness (QED) is 0.810. The lowest BCUT2D eigenvalue weighted by atomic mass is 9.70. The minimum atomic E-state index is -0.364. The molecule has 0 bridgehead atoms. The van der Waals surface area contributed by atoms with Crippen LogP contribution >= 0.6 is 11.6 Å². The van der Waals surface area contributed by atoms with Crippen molar-refractivity contribution in [3.8, 4) is 0 Å². The van der Waals surface area contributed by atoms with Crippen LogP contribution in [0, 0.1) is 11.8 Å². The first-order valence-corrected chi connectivity index (χ1v) is 8.32. The molecule has 0 radical (unpaired) electrons. The first-order valence-electron chi connectivity index (χ1n) is 7.94. The zero-order valence-corrected chi connectivity index (χ0v) is 12.9. The molecule has 1 aromatic carbocycles. The van der Waals surface area contributed by atoms with Crippen molar-refractivity contribution in [3.63, 3.8) is 0 Å². The number of carbonyl (C=O) groups is 1. The summed E-state index contributed by atoms with van der Waals surface area (Å²) in [5.74, 6) is 1.63. The van der Waals surface area contributed by atoms with Gasteiger partial charge in [0.05, 0.1) is 0 Å². The zero-order chi connectivity index (χ0) is 14.7. The van der Waals surface area contributed by atoms with E-state index < -0.39 is 0 Å². The summed E-state index contributed by atoms with van der Waals surface area (Å²) >= 11 is 5.90. The molecule has 3 atom stereocenters. The Morgan fingerprint density at radius 2 is 1.95 bits per heavy atom. The molecule has 2 saturated carbocycles.